The second kappa shape index (κ2) is 6.32. The molecule has 0 saturated carbocycles. The zero-order valence-corrected chi connectivity index (χ0v) is 15.7. The van der Waals surface area contributed by atoms with Crippen molar-refractivity contribution in [3.63, 3.8) is 0 Å². The van der Waals surface area contributed by atoms with Crippen LogP contribution < -0.4 is 5.69 Å². The van der Waals surface area contributed by atoms with E-state index in [4.69, 9.17) is 0 Å². The average molecular weight is 370 g/mol. The second-order valence-corrected chi connectivity index (χ2v) is 7.69. The molecule has 132 valence electrons. The van der Waals surface area contributed by atoms with E-state index in [0.29, 0.717) is 6.54 Å². The molecular weight excluding hydrogens is 352 g/mol. The number of hydrogen-bond acceptors (Lipinski definition) is 2. The molecule has 2 heterocycles. The van der Waals surface area contributed by atoms with Crippen LogP contribution in [0.15, 0.2) is 81.3 Å². The first-order chi connectivity index (χ1) is 13.2. The standard InChI is InChI=1S/C23H18N2OS/c1-2-25-20-12-11-15(14-19(20)24-23(25)26)13-18-16-7-3-5-9-21(16)27-22-10-6-4-8-17(18)22/h3-14H,2H2,1H3,(H,24,26). The van der Waals surface area contributed by atoms with Crippen molar-refractivity contribution in [2.75, 3.05) is 0 Å². The van der Waals surface area contributed by atoms with Crippen molar-refractivity contribution in [3.8, 4) is 0 Å². The Hall–Kier alpha value is -2.98. The maximum Gasteiger partial charge on any atom is 0.326 e. The minimum absolute atomic E-state index is 0.0536. The van der Waals surface area contributed by atoms with Crippen LogP contribution in [0.2, 0.25) is 0 Å². The summed E-state index contributed by atoms with van der Waals surface area (Å²) in [5.41, 5.74) is 6.58. The molecule has 1 N–H and O–H groups in total. The van der Waals surface area contributed by atoms with E-state index >= 15 is 0 Å². The fourth-order valence-corrected chi connectivity index (χ4v) is 4.83. The predicted molar refractivity (Wildman–Crippen MR) is 112 cm³/mol. The Kier molecular flexibility index (Phi) is 3.80. The number of hydrogen-bond donors (Lipinski definition) is 1. The van der Waals surface area contributed by atoms with Gasteiger partial charge in [0.15, 0.2) is 0 Å². The number of imidazole rings is 1. The quantitative estimate of drug-likeness (QED) is 0.452. The van der Waals surface area contributed by atoms with E-state index in [2.05, 4.69) is 71.7 Å². The van der Waals surface area contributed by atoms with Gasteiger partial charge >= 0.3 is 5.69 Å². The normalized spacial score (nSPS) is 12.7. The van der Waals surface area contributed by atoms with E-state index in [1.165, 1.54) is 26.5 Å². The molecular formula is C23H18N2OS. The molecule has 0 bridgehead atoms. The molecule has 0 amide bonds. The Morgan fingerprint density at radius 1 is 0.963 bits per heavy atom. The maximum absolute atomic E-state index is 12.1. The number of rotatable bonds is 2. The van der Waals surface area contributed by atoms with E-state index < -0.39 is 0 Å². The lowest BCUT2D eigenvalue weighted by Crippen LogP contribution is -2.14. The summed E-state index contributed by atoms with van der Waals surface area (Å²) in [6.07, 6.45) is 2.22. The van der Waals surface area contributed by atoms with Gasteiger partial charge in [0.1, 0.15) is 0 Å². The van der Waals surface area contributed by atoms with Crippen LogP contribution in [0.5, 0.6) is 0 Å². The highest BCUT2D eigenvalue weighted by Crippen LogP contribution is 2.45. The van der Waals surface area contributed by atoms with Crippen LogP contribution in [-0.2, 0) is 6.54 Å². The van der Waals surface area contributed by atoms with Crippen LogP contribution in [0.4, 0.5) is 0 Å². The molecule has 1 aliphatic heterocycles. The molecule has 0 saturated heterocycles. The summed E-state index contributed by atoms with van der Waals surface area (Å²) >= 11 is 1.82. The van der Waals surface area contributed by atoms with Crippen molar-refractivity contribution in [2.45, 2.75) is 23.3 Å². The van der Waals surface area contributed by atoms with Crippen molar-refractivity contribution in [3.05, 3.63) is 93.9 Å². The summed E-state index contributed by atoms with van der Waals surface area (Å²) in [4.78, 5) is 17.6. The Bertz CT molecular complexity index is 1220. The van der Waals surface area contributed by atoms with Crippen LogP contribution in [0, 0.1) is 0 Å². The summed E-state index contributed by atoms with van der Waals surface area (Å²) in [5.74, 6) is 0. The molecule has 1 aliphatic rings. The van der Waals surface area contributed by atoms with E-state index in [0.717, 1.165) is 16.6 Å². The van der Waals surface area contributed by atoms with E-state index in [1.807, 2.05) is 24.8 Å². The van der Waals surface area contributed by atoms with Crippen LogP contribution in [-0.4, -0.2) is 9.55 Å². The Morgan fingerprint density at radius 2 is 1.63 bits per heavy atom. The van der Waals surface area contributed by atoms with Gasteiger partial charge in [-0.2, -0.15) is 0 Å². The second-order valence-electron chi connectivity index (χ2n) is 6.60. The summed E-state index contributed by atoms with van der Waals surface area (Å²) in [6, 6.07) is 23.2. The molecule has 4 heteroatoms. The predicted octanol–water partition coefficient (Wildman–Crippen LogP) is 5.40. The van der Waals surface area contributed by atoms with Crippen LogP contribution >= 0.6 is 11.8 Å². The Labute approximate surface area is 161 Å². The van der Waals surface area contributed by atoms with Gasteiger partial charge in [-0.05, 0) is 59.5 Å². The largest absolute Gasteiger partial charge is 0.326 e. The molecule has 0 aliphatic carbocycles. The minimum Gasteiger partial charge on any atom is -0.306 e. The van der Waals surface area contributed by atoms with E-state index in [9.17, 15) is 4.79 Å². The maximum atomic E-state index is 12.1. The van der Waals surface area contributed by atoms with Crippen LogP contribution in [0.1, 0.15) is 23.6 Å². The highest BCUT2D eigenvalue weighted by Gasteiger charge is 2.20. The molecule has 4 aromatic rings. The number of aromatic amines is 1. The highest BCUT2D eigenvalue weighted by atomic mass is 32.2. The molecule has 0 unspecified atom stereocenters. The molecule has 0 spiro atoms. The smallest absolute Gasteiger partial charge is 0.306 e. The van der Waals surface area contributed by atoms with E-state index in [1.54, 1.807) is 4.57 Å². The summed E-state index contributed by atoms with van der Waals surface area (Å²) < 4.78 is 1.76. The number of fused-ring (bicyclic) bond motifs is 3. The van der Waals surface area contributed by atoms with Crippen molar-refractivity contribution >= 4 is 34.4 Å². The zero-order valence-electron chi connectivity index (χ0n) is 14.9. The number of nitrogens with zero attached hydrogens (tertiary/aromatic N) is 1. The lowest BCUT2D eigenvalue weighted by Gasteiger charge is -2.22. The third-order valence-corrected chi connectivity index (χ3v) is 6.15. The number of aromatic nitrogens is 2. The van der Waals surface area contributed by atoms with Gasteiger partial charge in [0.05, 0.1) is 11.0 Å². The summed E-state index contributed by atoms with van der Waals surface area (Å²) in [6.45, 7) is 2.65. The monoisotopic (exact) mass is 370 g/mol. The summed E-state index contributed by atoms with van der Waals surface area (Å²) in [5, 5.41) is 0. The number of nitrogens with one attached hydrogen (secondary N) is 1. The topological polar surface area (TPSA) is 37.8 Å². The Morgan fingerprint density at radius 3 is 2.30 bits per heavy atom. The lowest BCUT2D eigenvalue weighted by atomic mass is 9.95. The number of H-pyrrole nitrogens is 1. The first-order valence-corrected chi connectivity index (χ1v) is 9.87. The molecule has 3 aromatic carbocycles. The fraction of sp³-hybridized carbons (Fsp3) is 0.0870. The average Bonchev–Trinajstić information content (AvgIpc) is 3.02. The van der Waals surface area contributed by atoms with Gasteiger partial charge in [-0.1, -0.05) is 54.2 Å². The van der Waals surface area contributed by atoms with Crippen molar-refractivity contribution in [1.29, 1.82) is 0 Å². The molecule has 5 rings (SSSR count). The van der Waals surface area contributed by atoms with Gasteiger partial charge in [0.25, 0.3) is 0 Å². The van der Waals surface area contributed by atoms with Crippen molar-refractivity contribution < 1.29 is 0 Å². The zero-order chi connectivity index (χ0) is 18.4. The number of aryl methyl sites for hydroxylation is 1. The van der Waals surface area contributed by atoms with Gasteiger partial charge in [-0.3, -0.25) is 4.57 Å². The van der Waals surface area contributed by atoms with Crippen molar-refractivity contribution in [1.82, 2.24) is 9.55 Å². The van der Waals surface area contributed by atoms with E-state index in [-0.39, 0.29) is 5.69 Å². The minimum atomic E-state index is -0.0536. The lowest BCUT2D eigenvalue weighted by molar-refractivity contribution is 0.753. The van der Waals surface area contributed by atoms with Crippen LogP contribution in [0.25, 0.3) is 22.7 Å². The molecule has 1 aromatic heterocycles. The summed E-state index contributed by atoms with van der Waals surface area (Å²) in [7, 11) is 0. The van der Waals surface area contributed by atoms with Crippen LogP contribution in [0.3, 0.4) is 0 Å². The molecule has 27 heavy (non-hydrogen) atoms. The first kappa shape index (κ1) is 16.2. The van der Waals surface area contributed by atoms with Gasteiger partial charge < -0.3 is 4.98 Å². The highest BCUT2D eigenvalue weighted by molar-refractivity contribution is 7.99. The van der Waals surface area contributed by atoms with Gasteiger partial charge in [-0.25, -0.2) is 4.79 Å². The molecule has 0 atom stereocenters. The Balaban J connectivity index is 1.71. The van der Waals surface area contributed by atoms with Gasteiger partial charge in [0, 0.05) is 16.3 Å². The third kappa shape index (κ3) is 2.64. The third-order valence-electron chi connectivity index (χ3n) is 5.00. The van der Waals surface area contributed by atoms with Gasteiger partial charge in [-0.15, -0.1) is 0 Å². The van der Waals surface area contributed by atoms with Gasteiger partial charge in [0.2, 0.25) is 0 Å². The first-order valence-electron chi connectivity index (χ1n) is 9.05. The van der Waals surface area contributed by atoms with Crippen molar-refractivity contribution in [2.24, 2.45) is 0 Å². The fourth-order valence-electron chi connectivity index (χ4n) is 3.73. The molecule has 3 nitrogen and oxygen atoms in total. The molecule has 0 radical (unpaired) electrons. The molecule has 0 fully saturated rings. The number of benzene rings is 3. The SMILES string of the molecule is CCn1c(=O)[nH]c2cc(C=C3c4ccccc4Sc4ccccc43)ccc21.